The molecular formula is C35H37N5O6. The summed E-state index contributed by atoms with van der Waals surface area (Å²) < 4.78 is 27.8. The minimum Gasteiger partial charge on any atom is -0.491 e. The molecule has 5 aromatic rings. The van der Waals surface area contributed by atoms with Gasteiger partial charge in [0.05, 0.1) is 6.33 Å². The quantitative estimate of drug-likeness (QED) is 0.153. The average molecular weight is 630 g/mol. The number of ether oxygens (including phenoxy) is 4. The highest BCUT2D eigenvalue weighted by molar-refractivity contribution is 5.91. The molecule has 46 heavy (non-hydrogen) atoms. The molecule has 0 radical (unpaired) electrons. The van der Waals surface area contributed by atoms with Crippen LogP contribution in [0.25, 0.3) is 11.2 Å². The molecule has 6 rings (SSSR count). The number of amides is 1. The Bertz CT molecular complexity index is 1870. The van der Waals surface area contributed by atoms with Crippen LogP contribution < -0.4 is 25.1 Å². The van der Waals surface area contributed by atoms with Gasteiger partial charge in [-0.05, 0) is 57.2 Å². The summed E-state index contributed by atoms with van der Waals surface area (Å²) in [7, 11) is 0. The lowest BCUT2D eigenvalue weighted by atomic mass is 10.2. The van der Waals surface area contributed by atoms with E-state index in [1.807, 2.05) is 93.6 Å². The maximum atomic E-state index is 13.0. The highest BCUT2D eigenvalue weighted by Gasteiger charge is 2.50. The lowest BCUT2D eigenvalue weighted by Gasteiger charge is -2.26. The van der Waals surface area contributed by atoms with Crippen LogP contribution in [0.1, 0.15) is 36.8 Å². The first-order valence-corrected chi connectivity index (χ1v) is 15.2. The van der Waals surface area contributed by atoms with Gasteiger partial charge in [0, 0.05) is 5.92 Å². The monoisotopic (exact) mass is 629 g/mol. The first-order valence-electron chi connectivity index (χ1n) is 15.2. The second kappa shape index (κ2) is 13.1. The van der Waals surface area contributed by atoms with Crippen molar-refractivity contribution in [3.05, 3.63) is 106 Å². The molecule has 1 saturated heterocycles. The third-order valence-electron chi connectivity index (χ3n) is 7.78. The van der Waals surface area contributed by atoms with Crippen molar-refractivity contribution in [1.29, 1.82) is 0 Å². The van der Waals surface area contributed by atoms with Crippen molar-refractivity contribution in [2.45, 2.75) is 59.2 Å². The minimum absolute atomic E-state index is 0.0126. The first-order chi connectivity index (χ1) is 22.1. The molecule has 3 aromatic carbocycles. The van der Waals surface area contributed by atoms with Crippen molar-refractivity contribution in [3.63, 3.8) is 0 Å². The largest absolute Gasteiger partial charge is 0.491 e. The van der Waals surface area contributed by atoms with Gasteiger partial charge >= 0.3 is 0 Å². The van der Waals surface area contributed by atoms with Gasteiger partial charge in [0.15, 0.2) is 29.6 Å². The van der Waals surface area contributed by atoms with Gasteiger partial charge in [-0.15, -0.1) is 0 Å². The lowest BCUT2D eigenvalue weighted by molar-refractivity contribution is -0.118. The van der Waals surface area contributed by atoms with Gasteiger partial charge in [-0.3, -0.25) is 24.5 Å². The zero-order valence-corrected chi connectivity index (χ0v) is 26.4. The number of hydrogen-bond donors (Lipinski definition) is 2. The summed E-state index contributed by atoms with van der Waals surface area (Å²) in [5.41, 5.74) is 3.12. The van der Waals surface area contributed by atoms with E-state index in [1.165, 1.54) is 6.33 Å². The second-order valence-electron chi connectivity index (χ2n) is 11.9. The van der Waals surface area contributed by atoms with Gasteiger partial charge in [0.25, 0.3) is 5.56 Å². The number of aromatic amines is 1. The van der Waals surface area contributed by atoms with Crippen molar-refractivity contribution in [2.75, 3.05) is 11.9 Å². The van der Waals surface area contributed by atoms with Gasteiger partial charge < -0.3 is 18.9 Å². The van der Waals surface area contributed by atoms with Crippen LogP contribution in [0.2, 0.25) is 0 Å². The number of fused-ring (bicyclic) bond motifs is 1. The molecule has 2 aromatic heterocycles. The van der Waals surface area contributed by atoms with Crippen LogP contribution in [-0.2, 0) is 9.53 Å². The molecule has 0 aliphatic carbocycles. The van der Waals surface area contributed by atoms with E-state index >= 15 is 0 Å². The standard InChI is InChI=1S/C35H37N5O6/c1-20(2)32(41)38-35-37-31-28(33(42)39-35)36-19-40(31)34-30(45-26-16-10-23(5)11-17-26)29(44-25-14-8-22(4)9-15-25)27(46-34)18-43-24-12-6-21(3)7-13-24/h6-17,19-20,27,29-30,34H,18H2,1-5H3,(H2,37,38,39,41,42)/t27-,29-,30-,34-/m1/s1/i18+1,27+1,29+1,30+1,34+1,38+1. The molecule has 11 nitrogen and oxygen atoms in total. The number of benzene rings is 3. The third-order valence-corrected chi connectivity index (χ3v) is 7.78. The normalized spacial score (nSPS) is 19.3. The summed E-state index contributed by atoms with van der Waals surface area (Å²) in [6, 6.07) is 23.2. The van der Waals surface area contributed by atoms with E-state index < -0.39 is 30.1 Å². The zero-order valence-electron chi connectivity index (χ0n) is 26.4. The van der Waals surface area contributed by atoms with Crippen molar-refractivity contribution in [1.82, 2.24) is 19.5 Å². The van der Waals surface area contributed by atoms with Gasteiger partial charge in [-0.25, -0.2) is 4.98 Å². The van der Waals surface area contributed by atoms with E-state index in [1.54, 1.807) is 18.4 Å². The summed E-state index contributed by atoms with van der Waals surface area (Å²) in [5.74, 6) is 1.35. The number of rotatable bonds is 10. The first kappa shape index (κ1) is 30.8. The fraction of sp³-hybridized carbons (Fsp3) is 0.314. The number of hydrogen-bond acceptors (Lipinski definition) is 8. The zero-order chi connectivity index (χ0) is 32.4. The highest BCUT2D eigenvalue weighted by atomic mass is 16.8. The number of H-pyrrole nitrogens is 1. The van der Waals surface area contributed by atoms with Gasteiger partial charge in [0.2, 0.25) is 11.9 Å². The summed E-state index contributed by atoms with van der Waals surface area (Å²) in [4.78, 5) is 37.0. The molecule has 2 N–H and O–H groups in total. The molecule has 11 heteroatoms. The Balaban J connectivity index is 1.41. The van der Waals surface area contributed by atoms with E-state index in [0.29, 0.717) is 17.2 Å². The topological polar surface area (TPSA) is 130 Å². The number of imidazole rings is 1. The van der Waals surface area contributed by atoms with E-state index in [-0.39, 0.29) is 35.5 Å². The Labute approximate surface area is 266 Å². The lowest BCUT2D eigenvalue weighted by Crippen LogP contribution is -2.42. The molecule has 4 atom stereocenters. The maximum Gasteiger partial charge on any atom is 0.280 e. The smallest absolute Gasteiger partial charge is 0.280 e. The Hall–Kier alpha value is -5.16. The number of nitrogens with zero attached hydrogens (tertiary/aromatic N) is 3. The molecule has 0 unspecified atom stereocenters. The fourth-order valence-corrected chi connectivity index (χ4v) is 5.13. The van der Waals surface area contributed by atoms with Crippen LogP contribution in [0.4, 0.5) is 5.95 Å². The third kappa shape index (κ3) is 6.74. The molecular weight excluding hydrogens is 592 g/mol. The number of carbonyl (C=O) groups is 1. The van der Waals surface area contributed by atoms with E-state index in [2.05, 4.69) is 20.3 Å². The molecule has 0 bridgehead atoms. The Morgan fingerprint density at radius 3 is 1.98 bits per heavy atom. The van der Waals surface area contributed by atoms with Crippen LogP contribution in [0.5, 0.6) is 17.2 Å². The Morgan fingerprint density at radius 2 is 1.41 bits per heavy atom. The number of anilines is 1. The SMILES string of the molecule is Cc1ccc(O[13CH2][13C@H]2O[13C@@H](n3cnc4c(=O)[nH]c([15NH]C(=O)C(C)C)nc43)[13C@H](Oc3ccc(C)cc3)[13C@@H]2Oc2ccc(C)cc2)cc1. The van der Waals surface area contributed by atoms with Crippen LogP contribution in [0.15, 0.2) is 83.9 Å². The number of carbonyl (C=O) groups excluding carboxylic acids is 1. The summed E-state index contributed by atoms with van der Waals surface area (Å²) in [5, 5.41) is 2.67. The van der Waals surface area contributed by atoms with Crippen molar-refractivity contribution < 1.29 is 23.7 Å². The summed E-state index contributed by atoms with van der Waals surface area (Å²) in [6.07, 6.45) is -1.34. The van der Waals surface area contributed by atoms with Crippen LogP contribution in [0.3, 0.4) is 0 Å². The summed E-state index contributed by atoms with van der Waals surface area (Å²) >= 11 is 0. The van der Waals surface area contributed by atoms with Crippen molar-refractivity contribution in [2.24, 2.45) is 5.92 Å². The molecule has 1 fully saturated rings. The predicted molar refractivity (Wildman–Crippen MR) is 173 cm³/mol. The van der Waals surface area contributed by atoms with Crippen LogP contribution in [0, 0.1) is 26.7 Å². The van der Waals surface area contributed by atoms with E-state index in [9.17, 15) is 9.59 Å². The van der Waals surface area contributed by atoms with Gasteiger partial charge in [0.1, 0.15) is 30.0 Å². The molecule has 1 aliphatic heterocycles. The maximum absolute atomic E-state index is 13.0. The summed E-state index contributed by atoms with van der Waals surface area (Å²) in [6.45, 7) is 9.69. The highest BCUT2D eigenvalue weighted by Crippen LogP contribution is 2.37. The van der Waals surface area contributed by atoms with Crippen molar-refractivity contribution >= 4 is 23.0 Å². The van der Waals surface area contributed by atoms with Crippen LogP contribution >= 0.6 is 0 Å². The average Bonchev–Trinajstić information content (AvgIpc) is 3.60. The van der Waals surface area contributed by atoms with Gasteiger partial charge in [-0.2, -0.15) is 4.98 Å². The molecule has 238 valence electrons. The molecule has 1 amide bonds. The second-order valence-corrected chi connectivity index (χ2v) is 11.9. The fourth-order valence-electron chi connectivity index (χ4n) is 5.13. The molecule has 3 heterocycles. The molecule has 0 spiro atoms. The number of aryl methyl sites for hydroxylation is 3. The Morgan fingerprint density at radius 1 is 0.870 bits per heavy atom. The van der Waals surface area contributed by atoms with Gasteiger partial charge in [-0.1, -0.05) is 66.9 Å². The molecule has 1 aliphatic rings. The predicted octanol–water partition coefficient (Wildman–Crippen LogP) is 5.51. The van der Waals surface area contributed by atoms with E-state index in [4.69, 9.17) is 18.9 Å². The number of nitrogens with one attached hydrogen (secondary N) is 2. The Kier molecular flexibility index (Phi) is 8.76. The minimum atomic E-state index is -0.837. The number of aromatic nitrogens is 4. The molecule has 0 saturated carbocycles. The van der Waals surface area contributed by atoms with E-state index in [0.717, 1.165) is 16.7 Å². The van der Waals surface area contributed by atoms with Crippen LogP contribution in [-0.4, -0.2) is 50.3 Å². The van der Waals surface area contributed by atoms with Crippen molar-refractivity contribution in [3.8, 4) is 17.2 Å².